The van der Waals surface area contributed by atoms with Crippen LogP contribution in [0.2, 0.25) is 0 Å². The molecule has 4 aromatic rings. The fourth-order valence-corrected chi connectivity index (χ4v) is 2.92. The number of nitrogens with zero attached hydrogens (tertiary/aromatic N) is 3. The molecule has 0 saturated heterocycles. The molecule has 0 bridgehead atoms. The Morgan fingerprint density at radius 1 is 1.03 bits per heavy atom. The molecule has 0 saturated carbocycles. The predicted molar refractivity (Wildman–Crippen MR) is 110 cm³/mol. The van der Waals surface area contributed by atoms with Crippen molar-refractivity contribution in [1.29, 1.82) is 0 Å². The number of aromatic nitrogens is 4. The van der Waals surface area contributed by atoms with Gasteiger partial charge in [-0.15, -0.1) is 0 Å². The van der Waals surface area contributed by atoms with Gasteiger partial charge in [-0.2, -0.15) is 10.1 Å². The summed E-state index contributed by atoms with van der Waals surface area (Å²) in [6.07, 6.45) is 0. The second kappa shape index (κ2) is 8.43. The van der Waals surface area contributed by atoms with Gasteiger partial charge in [-0.25, -0.2) is 4.79 Å². The van der Waals surface area contributed by atoms with Crippen LogP contribution in [0, 0.1) is 6.92 Å². The van der Waals surface area contributed by atoms with Crippen molar-refractivity contribution in [3.05, 3.63) is 60.0 Å². The maximum absolute atomic E-state index is 12.3. The van der Waals surface area contributed by atoms with Crippen molar-refractivity contribution in [3.8, 4) is 11.5 Å². The topological polar surface area (TPSA) is 138 Å². The summed E-state index contributed by atoms with van der Waals surface area (Å²) in [6, 6.07) is 14.1. The Labute approximate surface area is 171 Å². The third kappa shape index (κ3) is 4.12. The van der Waals surface area contributed by atoms with Gasteiger partial charge in [-0.3, -0.25) is 9.89 Å². The Morgan fingerprint density at radius 3 is 2.63 bits per heavy atom. The number of hydrogen-bond acceptors (Lipinski definition) is 6. The highest BCUT2D eigenvalue weighted by atomic mass is 16.5. The summed E-state index contributed by atoms with van der Waals surface area (Å²) in [4.78, 5) is 28.7. The number of carbonyl (C=O) groups excluding carboxylic acids is 2. The number of amides is 3. The van der Waals surface area contributed by atoms with Gasteiger partial charge < -0.3 is 20.5 Å². The minimum Gasteiger partial charge on any atom is -0.349 e. The molecule has 0 aliphatic rings. The molecule has 0 unspecified atom stereocenters. The Hall–Kier alpha value is -4.21. The highest BCUT2D eigenvalue weighted by molar-refractivity contribution is 6.04. The number of urea groups is 1. The number of anilines is 1. The molecular formula is C20H19N7O3. The van der Waals surface area contributed by atoms with Gasteiger partial charge in [0.25, 0.3) is 11.8 Å². The second-order valence-corrected chi connectivity index (χ2v) is 6.45. The average molecular weight is 405 g/mol. The largest absolute Gasteiger partial charge is 0.349 e. The summed E-state index contributed by atoms with van der Waals surface area (Å²) in [7, 11) is 0. The summed E-state index contributed by atoms with van der Waals surface area (Å²) >= 11 is 0. The molecule has 0 atom stereocenters. The molecule has 2 aromatic heterocycles. The lowest BCUT2D eigenvalue weighted by Crippen LogP contribution is -2.37. The van der Waals surface area contributed by atoms with Crippen LogP contribution in [-0.4, -0.2) is 45.4 Å². The van der Waals surface area contributed by atoms with Crippen LogP contribution in [0.1, 0.15) is 16.3 Å². The second-order valence-electron chi connectivity index (χ2n) is 6.45. The van der Waals surface area contributed by atoms with Crippen LogP contribution in [0.5, 0.6) is 0 Å². The Bertz CT molecular complexity index is 1200. The van der Waals surface area contributed by atoms with E-state index in [4.69, 9.17) is 4.52 Å². The Morgan fingerprint density at radius 2 is 1.80 bits per heavy atom. The van der Waals surface area contributed by atoms with E-state index in [1.807, 2.05) is 30.3 Å². The molecule has 2 heterocycles. The normalized spacial score (nSPS) is 10.7. The van der Waals surface area contributed by atoms with E-state index in [2.05, 4.69) is 36.3 Å². The van der Waals surface area contributed by atoms with E-state index < -0.39 is 6.03 Å². The van der Waals surface area contributed by atoms with E-state index in [1.54, 1.807) is 25.1 Å². The van der Waals surface area contributed by atoms with Gasteiger partial charge in [0, 0.05) is 18.5 Å². The average Bonchev–Trinajstić information content (AvgIpc) is 3.38. The van der Waals surface area contributed by atoms with Crippen molar-refractivity contribution >= 4 is 28.5 Å². The monoisotopic (exact) mass is 405 g/mol. The molecule has 10 nitrogen and oxygen atoms in total. The number of carbonyl (C=O) groups is 2. The standard InChI is InChI=1S/C20H19N7O3/c1-12-23-19(30-27-12)14-7-3-4-8-15(14)24-20(29)22-11-10-21-18(28)17-13-6-2-5-9-16(13)25-26-17/h2-9H,10-11H2,1H3,(H,21,28)(H,25,26)(H2,22,24,29). The summed E-state index contributed by atoms with van der Waals surface area (Å²) in [6.45, 7) is 2.20. The molecule has 4 N–H and O–H groups in total. The van der Waals surface area contributed by atoms with E-state index >= 15 is 0 Å². The molecule has 0 spiro atoms. The third-order valence-corrected chi connectivity index (χ3v) is 4.31. The van der Waals surface area contributed by atoms with Gasteiger partial charge in [-0.05, 0) is 25.1 Å². The minimum atomic E-state index is -0.418. The Balaban J connectivity index is 1.29. The van der Waals surface area contributed by atoms with Gasteiger partial charge >= 0.3 is 6.03 Å². The van der Waals surface area contributed by atoms with Crippen LogP contribution >= 0.6 is 0 Å². The van der Waals surface area contributed by atoms with Crippen molar-refractivity contribution in [2.24, 2.45) is 0 Å². The zero-order chi connectivity index (χ0) is 20.9. The maximum atomic E-state index is 12.3. The van der Waals surface area contributed by atoms with Gasteiger partial charge in [-0.1, -0.05) is 35.5 Å². The number of nitrogens with one attached hydrogen (secondary N) is 4. The van der Waals surface area contributed by atoms with Crippen molar-refractivity contribution in [2.75, 3.05) is 18.4 Å². The lowest BCUT2D eigenvalue weighted by Gasteiger charge is -2.10. The molecule has 4 rings (SSSR count). The number of H-pyrrole nitrogens is 1. The fraction of sp³-hybridized carbons (Fsp3) is 0.150. The molecule has 2 aromatic carbocycles. The van der Waals surface area contributed by atoms with Crippen LogP contribution < -0.4 is 16.0 Å². The molecule has 0 aliphatic carbocycles. The molecule has 30 heavy (non-hydrogen) atoms. The van der Waals surface area contributed by atoms with E-state index in [0.717, 1.165) is 10.9 Å². The van der Waals surface area contributed by atoms with Crippen LogP contribution in [0.4, 0.5) is 10.5 Å². The quantitative estimate of drug-likeness (QED) is 0.364. The summed E-state index contributed by atoms with van der Waals surface area (Å²) in [5.41, 5.74) is 2.26. The smallest absolute Gasteiger partial charge is 0.319 e. The van der Waals surface area contributed by atoms with Crippen LogP contribution in [0.3, 0.4) is 0 Å². The number of fused-ring (bicyclic) bond motifs is 1. The SMILES string of the molecule is Cc1noc(-c2ccccc2NC(=O)NCCNC(=O)c2n[nH]c3ccccc23)n1. The maximum Gasteiger partial charge on any atom is 0.319 e. The van der Waals surface area contributed by atoms with E-state index in [0.29, 0.717) is 28.7 Å². The fourth-order valence-electron chi connectivity index (χ4n) is 2.92. The molecular weight excluding hydrogens is 386 g/mol. The highest BCUT2D eigenvalue weighted by Crippen LogP contribution is 2.26. The molecule has 10 heteroatoms. The summed E-state index contributed by atoms with van der Waals surface area (Å²) in [5.74, 6) is 0.512. The first-order valence-corrected chi connectivity index (χ1v) is 9.27. The van der Waals surface area contributed by atoms with Crippen molar-refractivity contribution in [1.82, 2.24) is 31.0 Å². The van der Waals surface area contributed by atoms with Crippen LogP contribution in [0.25, 0.3) is 22.4 Å². The summed E-state index contributed by atoms with van der Waals surface area (Å²) in [5, 5.41) is 19.6. The molecule has 0 aliphatic heterocycles. The van der Waals surface area contributed by atoms with Crippen LogP contribution in [-0.2, 0) is 0 Å². The number of aryl methyl sites for hydroxylation is 1. The molecule has 152 valence electrons. The van der Waals surface area contributed by atoms with Gasteiger partial charge in [0.2, 0.25) is 0 Å². The lowest BCUT2D eigenvalue weighted by molar-refractivity contribution is 0.0950. The summed E-state index contributed by atoms with van der Waals surface area (Å²) < 4.78 is 5.17. The van der Waals surface area contributed by atoms with Crippen molar-refractivity contribution in [2.45, 2.75) is 6.92 Å². The van der Waals surface area contributed by atoms with Gasteiger partial charge in [0.05, 0.1) is 16.8 Å². The van der Waals surface area contributed by atoms with E-state index in [1.165, 1.54) is 0 Å². The minimum absolute atomic E-state index is 0.238. The highest BCUT2D eigenvalue weighted by Gasteiger charge is 2.14. The molecule has 0 fully saturated rings. The van der Waals surface area contributed by atoms with Crippen molar-refractivity contribution in [3.63, 3.8) is 0 Å². The molecule has 3 amide bonds. The third-order valence-electron chi connectivity index (χ3n) is 4.31. The molecule has 0 radical (unpaired) electrons. The number of hydrogen-bond donors (Lipinski definition) is 4. The number of para-hydroxylation sites is 2. The number of benzene rings is 2. The number of rotatable bonds is 6. The van der Waals surface area contributed by atoms with Crippen molar-refractivity contribution < 1.29 is 14.1 Å². The van der Waals surface area contributed by atoms with E-state index in [9.17, 15) is 9.59 Å². The first kappa shape index (κ1) is 19.1. The number of aromatic amines is 1. The zero-order valence-electron chi connectivity index (χ0n) is 16.1. The van der Waals surface area contributed by atoms with Gasteiger partial charge in [0.1, 0.15) is 0 Å². The predicted octanol–water partition coefficient (Wildman–Crippen LogP) is 2.47. The van der Waals surface area contributed by atoms with E-state index in [-0.39, 0.29) is 19.0 Å². The van der Waals surface area contributed by atoms with Gasteiger partial charge in [0.15, 0.2) is 11.5 Å². The van der Waals surface area contributed by atoms with Crippen LogP contribution in [0.15, 0.2) is 53.1 Å². The first-order valence-electron chi connectivity index (χ1n) is 9.27. The Kier molecular flexibility index (Phi) is 5.37. The zero-order valence-corrected chi connectivity index (χ0v) is 16.1. The first-order chi connectivity index (χ1) is 14.6. The lowest BCUT2D eigenvalue weighted by atomic mass is 10.2.